The Morgan fingerprint density at radius 2 is 1.66 bits per heavy atom. The Bertz CT molecular complexity index is 1150. The normalized spacial score (nSPS) is 11.0. The molecule has 0 aliphatic rings. The van der Waals surface area contributed by atoms with Crippen molar-refractivity contribution in [3.8, 4) is 23.0 Å². The average Bonchev–Trinajstić information content (AvgIpc) is 2.70. The van der Waals surface area contributed by atoms with E-state index >= 15 is 0 Å². The third-order valence-electron chi connectivity index (χ3n) is 4.49. The summed E-state index contributed by atoms with van der Waals surface area (Å²) in [5, 5.41) is 10.8. The molecular weight excluding hydrogens is 376 g/mol. The summed E-state index contributed by atoms with van der Waals surface area (Å²) in [6.45, 7) is 1.73. The molecule has 29 heavy (non-hydrogen) atoms. The molecule has 2 aromatic carbocycles. The van der Waals surface area contributed by atoms with Crippen molar-refractivity contribution in [2.45, 2.75) is 6.92 Å². The summed E-state index contributed by atoms with van der Waals surface area (Å²) < 4.78 is 21.0. The topological polar surface area (TPSA) is 95.2 Å². The maximum Gasteiger partial charge on any atom is 0.336 e. The molecule has 0 bridgehead atoms. The highest BCUT2D eigenvalue weighted by Crippen LogP contribution is 2.35. The summed E-state index contributed by atoms with van der Waals surface area (Å²) in [6.07, 6.45) is 2.85. The molecule has 0 aliphatic heterocycles. The molecular formula is C22H20O7. The lowest BCUT2D eigenvalue weighted by Crippen LogP contribution is -2.01. The highest BCUT2D eigenvalue weighted by molar-refractivity contribution is 6.10. The molecule has 1 N–H and O–H groups in total. The van der Waals surface area contributed by atoms with Crippen molar-refractivity contribution >= 4 is 22.8 Å². The van der Waals surface area contributed by atoms with E-state index < -0.39 is 11.4 Å². The van der Waals surface area contributed by atoms with Crippen molar-refractivity contribution in [1.82, 2.24) is 0 Å². The quantitative estimate of drug-likeness (QED) is 0.385. The van der Waals surface area contributed by atoms with Gasteiger partial charge in [-0.2, -0.15) is 0 Å². The van der Waals surface area contributed by atoms with E-state index in [0.29, 0.717) is 33.8 Å². The number of ether oxygens (including phenoxy) is 3. The molecule has 0 saturated heterocycles. The Balaban J connectivity index is 2.04. The van der Waals surface area contributed by atoms with Gasteiger partial charge in [0.15, 0.2) is 5.78 Å². The van der Waals surface area contributed by atoms with E-state index in [2.05, 4.69) is 0 Å². The predicted molar refractivity (Wildman–Crippen MR) is 108 cm³/mol. The number of fused-ring (bicyclic) bond motifs is 1. The fourth-order valence-corrected chi connectivity index (χ4v) is 3.00. The van der Waals surface area contributed by atoms with Crippen LogP contribution in [-0.2, 0) is 0 Å². The highest BCUT2D eigenvalue weighted by Gasteiger charge is 2.15. The van der Waals surface area contributed by atoms with Crippen LogP contribution in [0.3, 0.4) is 0 Å². The number of hydrogen-bond acceptors (Lipinski definition) is 7. The average molecular weight is 396 g/mol. The van der Waals surface area contributed by atoms with Crippen molar-refractivity contribution in [3.63, 3.8) is 0 Å². The van der Waals surface area contributed by atoms with Crippen molar-refractivity contribution in [1.29, 1.82) is 0 Å². The van der Waals surface area contributed by atoms with Gasteiger partial charge in [-0.3, -0.25) is 4.79 Å². The molecule has 1 heterocycles. The van der Waals surface area contributed by atoms with Gasteiger partial charge >= 0.3 is 5.63 Å². The minimum atomic E-state index is -0.521. The van der Waals surface area contributed by atoms with Gasteiger partial charge in [-0.15, -0.1) is 0 Å². The van der Waals surface area contributed by atoms with Gasteiger partial charge < -0.3 is 23.7 Å². The SMILES string of the molecule is COc1cc(OC)c(/C=C/C(=O)c2cc3c(C)cc(=O)oc3cc2O)c(OC)c1. The Morgan fingerprint density at radius 1 is 1.00 bits per heavy atom. The van der Waals surface area contributed by atoms with Crippen LogP contribution in [0.2, 0.25) is 0 Å². The van der Waals surface area contributed by atoms with E-state index in [1.807, 2.05) is 0 Å². The zero-order valence-electron chi connectivity index (χ0n) is 16.4. The first-order valence-corrected chi connectivity index (χ1v) is 8.67. The number of aromatic hydroxyl groups is 1. The Kier molecular flexibility index (Phi) is 5.59. The minimum absolute atomic E-state index is 0.0807. The van der Waals surface area contributed by atoms with Crippen LogP contribution in [0.1, 0.15) is 21.5 Å². The Morgan fingerprint density at radius 3 is 2.24 bits per heavy atom. The number of ketones is 1. The van der Waals surface area contributed by atoms with Crippen LogP contribution in [0.15, 0.2) is 45.6 Å². The summed E-state index contributed by atoms with van der Waals surface area (Å²) in [4.78, 5) is 24.2. The number of phenolic OH excluding ortho intramolecular Hbond substituents is 1. The lowest BCUT2D eigenvalue weighted by Gasteiger charge is -2.12. The largest absolute Gasteiger partial charge is 0.507 e. The number of rotatable bonds is 6. The Hall–Kier alpha value is -3.74. The number of benzene rings is 2. The molecule has 0 spiro atoms. The van der Waals surface area contributed by atoms with Crippen LogP contribution in [0.5, 0.6) is 23.0 Å². The summed E-state index contributed by atoms with van der Waals surface area (Å²) >= 11 is 0. The summed E-state index contributed by atoms with van der Waals surface area (Å²) in [7, 11) is 4.53. The first-order chi connectivity index (χ1) is 13.9. The van der Waals surface area contributed by atoms with Gasteiger partial charge in [0.25, 0.3) is 0 Å². The van der Waals surface area contributed by atoms with Gasteiger partial charge in [-0.1, -0.05) is 0 Å². The number of allylic oxidation sites excluding steroid dienone is 1. The van der Waals surface area contributed by atoms with Gasteiger partial charge in [0.1, 0.15) is 28.6 Å². The fraction of sp³-hybridized carbons (Fsp3) is 0.182. The van der Waals surface area contributed by atoms with Crippen LogP contribution < -0.4 is 19.8 Å². The molecule has 0 unspecified atom stereocenters. The van der Waals surface area contributed by atoms with E-state index in [9.17, 15) is 14.7 Å². The fourth-order valence-electron chi connectivity index (χ4n) is 3.00. The maximum atomic E-state index is 12.7. The summed E-state index contributed by atoms with van der Waals surface area (Å²) in [6, 6.07) is 7.44. The second kappa shape index (κ2) is 8.10. The molecule has 0 saturated carbocycles. The first kappa shape index (κ1) is 20.0. The summed E-state index contributed by atoms with van der Waals surface area (Å²) in [5.41, 5.74) is 0.968. The van der Waals surface area contributed by atoms with Crippen LogP contribution >= 0.6 is 0 Å². The molecule has 0 aliphatic carbocycles. The molecule has 3 aromatic rings. The third kappa shape index (κ3) is 3.94. The van der Waals surface area contributed by atoms with E-state index in [0.717, 1.165) is 0 Å². The van der Waals surface area contributed by atoms with Gasteiger partial charge in [0, 0.05) is 29.7 Å². The van der Waals surface area contributed by atoms with Crippen LogP contribution in [-0.4, -0.2) is 32.2 Å². The van der Waals surface area contributed by atoms with Crippen LogP contribution in [0.4, 0.5) is 0 Å². The second-order valence-corrected chi connectivity index (χ2v) is 6.26. The number of hydrogen-bond donors (Lipinski definition) is 1. The standard InChI is InChI=1S/C22H20O7/c1-12-7-22(25)29-21-11-18(24)16(10-15(12)21)17(23)6-5-14-19(27-3)8-13(26-2)9-20(14)28-4/h5-11,24H,1-4H3/b6-5+. The predicted octanol–water partition coefficient (Wildman–Crippen LogP) is 3.73. The van der Waals surface area contributed by atoms with Crippen molar-refractivity contribution in [2.75, 3.05) is 21.3 Å². The van der Waals surface area contributed by atoms with Crippen molar-refractivity contribution in [2.24, 2.45) is 0 Å². The van der Waals surface area contributed by atoms with Crippen molar-refractivity contribution < 1.29 is 28.5 Å². The van der Waals surface area contributed by atoms with E-state index in [-0.39, 0.29) is 16.9 Å². The lowest BCUT2D eigenvalue weighted by atomic mass is 10.0. The number of carbonyl (C=O) groups excluding carboxylic acids is 1. The van der Waals surface area contributed by atoms with Gasteiger partial charge in [0.2, 0.25) is 0 Å². The van der Waals surface area contributed by atoms with Gasteiger partial charge in [0.05, 0.1) is 32.5 Å². The third-order valence-corrected chi connectivity index (χ3v) is 4.49. The molecule has 0 amide bonds. The zero-order chi connectivity index (χ0) is 21.1. The molecule has 3 rings (SSSR count). The molecule has 0 radical (unpaired) electrons. The smallest absolute Gasteiger partial charge is 0.336 e. The van der Waals surface area contributed by atoms with Gasteiger partial charge in [-0.25, -0.2) is 4.79 Å². The monoisotopic (exact) mass is 396 g/mol. The highest BCUT2D eigenvalue weighted by atomic mass is 16.5. The second-order valence-electron chi connectivity index (χ2n) is 6.26. The molecule has 0 fully saturated rings. The molecule has 1 aromatic heterocycles. The molecule has 0 atom stereocenters. The zero-order valence-corrected chi connectivity index (χ0v) is 16.4. The molecule has 7 heteroatoms. The van der Waals surface area contributed by atoms with E-state index in [4.69, 9.17) is 18.6 Å². The molecule has 7 nitrogen and oxygen atoms in total. The minimum Gasteiger partial charge on any atom is -0.507 e. The van der Waals surface area contributed by atoms with Crippen LogP contribution in [0.25, 0.3) is 17.0 Å². The van der Waals surface area contributed by atoms with Crippen LogP contribution in [0, 0.1) is 6.92 Å². The number of phenols is 1. The van der Waals surface area contributed by atoms with Crippen molar-refractivity contribution in [3.05, 3.63) is 63.5 Å². The Labute approximate surface area is 166 Å². The lowest BCUT2D eigenvalue weighted by molar-refractivity contribution is 0.104. The van der Waals surface area contributed by atoms with Gasteiger partial charge in [-0.05, 0) is 30.7 Å². The number of aryl methyl sites for hydroxylation is 1. The summed E-state index contributed by atoms with van der Waals surface area (Å²) in [5.74, 6) is 0.756. The number of methoxy groups -OCH3 is 3. The van der Waals surface area contributed by atoms with E-state index in [1.165, 1.54) is 45.6 Å². The first-order valence-electron chi connectivity index (χ1n) is 8.67. The maximum absolute atomic E-state index is 12.7. The van der Waals surface area contributed by atoms with E-state index in [1.54, 1.807) is 25.1 Å². The molecule has 150 valence electrons. The number of carbonyl (C=O) groups is 1.